The van der Waals surface area contributed by atoms with Gasteiger partial charge >= 0.3 is 0 Å². The second kappa shape index (κ2) is 4.62. The summed E-state index contributed by atoms with van der Waals surface area (Å²) in [5.41, 5.74) is 4.37. The Morgan fingerprint density at radius 2 is 2.19 bits per heavy atom. The Kier molecular flexibility index (Phi) is 3.01. The molecular weight excluding hydrogens is 290 g/mol. The number of aliphatic imine (C=N–C) groups is 1. The number of nitrogens with zero attached hydrogens (tertiary/aromatic N) is 2. The second-order valence-electron chi connectivity index (χ2n) is 4.67. The topological polar surface area (TPSA) is 96.0 Å². The molecule has 1 aromatic carbocycles. The lowest BCUT2D eigenvalue weighted by molar-refractivity contribution is -0.140. The van der Waals surface area contributed by atoms with Crippen LogP contribution in [0.1, 0.15) is 5.56 Å². The molecule has 2 heterocycles. The normalized spacial score (nSPS) is 27.5. The van der Waals surface area contributed by atoms with Gasteiger partial charge in [0.1, 0.15) is 5.25 Å². The van der Waals surface area contributed by atoms with Gasteiger partial charge in [-0.1, -0.05) is 35.9 Å². The van der Waals surface area contributed by atoms with Crippen LogP contribution in [0, 0.1) is 12.3 Å². The number of rotatable bonds is 2. The summed E-state index contributed by atoms with van der Waals surface area (Å²) >= 11 is 0.886. The lowest BCUT2D eigenvalue weighted by Gasteiger charge is -2.26. The van der Waals surface area contributed by atoms with Crippen LogP contribution in [-0.4, -0.2) is 33.9 Å². The Morgan fingerprint density at radius 1 is 1.48 bits per heavy atom. The molecule has 106 valence electrons. The first kappa shape index (κ1) is 13.7. The third-order valence-corrected chi connectivity index (χ3v) is 4.60. The van der Waals surface area contributed by atoms with E-state index in [1.165, 1.54) is 4.90 Å². The van der Waals surface area contributed by atoms with E-state index < -0.39 is 22.7 Å². The number of carbonyl (C=O) groups is 2. The molecule has 0 bridgehead atoms. The summed E-state index contributed by atoms with van der Waals surface area (Å²) in [6, 6.07) is 6.70. The molecule has 0 saturated heterocycles. The number of hydrogen-bond donors (Lipinski definition) is 2. The lowest BCUT2D eigenvalue weighted by atomic mass is 9.91. The van der Waals surface area contributed by atoms with Gasteiger partial charge < -0.3 is 10.8 Å². The molecule has 0 radical (unpaired) electrons. The zero-order chi connectivity index (χ0) is 15.2. The van der Waals surface area contributed by atoms with Gasteiger partial charge in [-0.2, -0.15) is 4.99 Å². The van der Waals surface area contributed by atoms with Crippen LogP contribution >= 0.6 is 11.8 Å². The largest absolute Gasteiger partial charge is 0.378 e. The van der Waals surface area contributed by atoms with Crippen LogP contribution in [0.2, 0.25) is 0 Å². The highest BCUT2D eigenvalue weighted by Gasteiger charge is 2.58. The second-order valence-corrected chi connectivity index (χ2v) is 5.79. The first-order valence-corrected chi connectivity index (χ1v) is 7.00. The SMILES string of the molecule is C#CCN1C(=O)[C@@](O)([C@H]2SC(N)=NC2=O)c2ccccc21. The predicted octanol–water partition coefficient (Wildman–Crippen LogP) is -0.189. The molecule has 2 aliphatic heterocycles. The van der Waals surface area contributed by atoms with Crippen LogP contribution in [-0.2, 0) is 15.2 Å². The fourth-order valence-electron chi connectivity index (χ4n) is 2.59. The molecule has 0 unspecified atom stereocenters. The van der Waals surface area contributed by atoms with Gasteiger partial charge in [-0.25, -0.2) is 0 Å². The number of aliphatic hydroxyl groups is 1. The maximum atomic E-state index is 12.6. The van der Waals surface area contributed by atoms with E-state index >= 15 is 0 Å². The van der Waals surface area contributed by atoms with Gasteiger partial charge in [-0.15, -0.1) is 6.42 Å². The van der Waals surface area contributed by atoms with Crippen LogP contribution in [0.25, 0.3) is 0 Å². The number of terminal acetylenes is 1. The minimum absolute atomic E-state index is 0.0140. The van der Waals surface area contributed by atoms with Crippen molar-refractivity contribution in [3.05, 3.63) is 29.8 Å². The van der Waals surface area contributed by atoms with Crippen molar-refractivity contribution < 1.29 is 14.7 Å². The van der Waals surface area contributed by atoms with Crippen molar-refractivity contribution in [1.82, 2.24) is 0 Å². The first-order valence-electron chi connectivity index (χ1n) is 6.12. The number of amides is 2. The Morgan fingerprint density at radius 3 is 2.81 bits per heavy atom. The molecule has 0 saturated carbocycles. The highest BCUT2D eigenvalue weighted by atomic mass is 32.2. The van der Waals surface area contributed by atoms with Gasteiger partial charge in [0.05, 0.1) is 12.2 Å². The van der Waals surface area contributed by atoms with Crippen LogP contribution in [0.4, 0.5) is 5.69 Å². The maximum absolute atomic E-state index is 12.6. The number of benzene rings is 1. The third-order valence-electron chi connectivity index (χ3n) is 3.49. The summed E-state index contributed by atoms with van der Waals surface area (Å²) in [7, 11) is 0. The maximum Gasteiger partial charge on any atom is 0.266 e. The van der Waals surface area contributed by atoms with E-state index in [1.807, 2.05) is 0 Å². The van der Waals surface area contributed by atoms with Crippen LogP contribution in [0.5, 0.6) is 0 Å². The van der Waals surface area contributed by atoms with Crippen molar-refractivity contribution in [3.8, 4) is 12.3 Å². The summed E-state index contributed by atoms with van der Waals surface area (Å²) in [4.78, 5) is 29.4. The van der Waals surface area contributed by atoms with E-state index in [0.717, 1.165) is 11.8 Å². The molecule has 1 aromatic rings. The third kappa shape index (κ3) is 1.77. The Balaban J connectivity index is 2.13. The molecule has 6 nitrogen and oxygen atoms in total. The number of para-hydroxylation sites is 1. The van der Waals surface area contributed by atoms with Gasteiger partial charge in [-0.05, 0) is 6.07 Å². The summed E-state index contributed by atoms with van der Waals surface area (Å²) in [5, 5.41) is 9.92. The smallest absolute Gasteiger partial charge is 0.266 e. The molecule has 2 aliphatic rings. The molecule has 7 heteroatoms. The summed E-state index contributed by atoms with van der Waals surface area (Å²) < 4.78 is 0. The average molecular weight is 301 g/mol. The highest BCUT2D eigenvalue weighted by Crippen LogP contribution is 2.47. The van der Waals surface area contributed by atoms with Crippen molar-refractivity contribution >= 4 is 34.4 Å². The number of carbonyl (C=O) groups excluding carboxylic acids is 2. The lowest BCUT2D eigenvalue weighted by Crippen LogP contribution is -2.49. The number of amidine groups is 1. The zero-order valence-corrected chi connectivity index (χ0v) is 11.6. The first-order chi connectivity index (χ1) is 10.00. The Labute approximate surface area is 125 Å². The summed E-state index contributed by atoms with van der Waals surface area (Å²) in [5.74, 6) is 1.13. The molecule has 0 fully saturated rings. The van der Waals surface area contributed by atoms with Gasteiger partial charge in [0.25, 0.3) is 11.8 Å². The van der Waals surface area contributed by atoms with E-state index in [-0.39, 0.29) is 11.7 Å². The van der Waals surface area contributed by atoms with Gasteiger partial charge in [0.15, 0.2) is 10.8 Å². The number of nitrogens with two attached hydrogens (primary N) is 1. The highest BCUT2D eigenvalue weighted by molar-refractivity contribution is 8.15. The Hall–Kier alpha value is -2.30. The molecular formula is C14H11N3O3S. The molecule has 0 aliphatic carbocycles. The summed E-state index contributed by atoms with van der Waals surface area (Å²) in [6.45, 7) is 0.0140. The number of hydrogen-bond acceptors (Lipinski definition) is 5. The van der Waals surface area contributed by atoms with Crippen molar-refractivity contribution in [3.63, 3.8) is 0 Å². The van der Waals surface area contributed by atoms with Gasteiger partial charge in [-0.3, -0.25) is 14.5 Å². The summed E-state index contributed by atoms with van der Waals surface area (Å²) in [6.07, 6.45) is 5.28. The van der Waals surface area contributed by atoms with E-state index in [2.05, 4.69) is 10.9 Å². The number of anilines is 1. The van der Waals surface area contributed by atoms with E-state index in [9.17, 15) is 14.7 Å². The standard InChI is InChI=1S/C14H11N3O3S/c1-2-7-17-9-6-4-3-5-8(9)14(20,12(17)19)10-11(18)16-13(15)21-10/h1,3-6,10,20H,7H2,(H2,15,16,18)/t10-,14-/m0/s1. The molecule has 3 N–H and O–H groups in total. The molecule has 21 heavy (non-hydrogen) atoms. The monoisotopic (exact) mass is 301 g/mol. The molecule has 3 rings (SSSR count). The van der Waals surface area contributed by atoms with Crippen LogP contribution in [0.3, 0.4) is 0 Å². The van der Waals surface area contributed by atoms with Crippen LogP contribution < -0.4 is 10.6 Å². The van der Waals surface area contributed by atoms with Gasteiger partial charge in [0, 0.05) is 5.56 Å². The molecule has 0 aromatic heterocycles. The minimum atomic E-state index is -2.00. The molecule has 0 spiro atoms. The van der Waals surface area contributed by atoms with Crippen molar-refractivity contribution in [2.24, 2.45) is 10.7 Å². The fourth-order valence-corrected chi connectivity index (χ4v) is 3.53. The van der Waals surface area contributed by atoms with E-state index in [4.69, 9.17) is 12.2 Å². The van der Waals surface area contributed by atoms with E-state index in [1.54, 1.807) is 24.3 Å². The fraction of sp³-hybridized carbons (Fsp3) is 0.214. The number of fused-ring (bicyclic) bond motifs is 1. The average Bonchev–Trinajstić information content (AvgIpc) is 2.91. The van der Waals surface area contributed by atoms with Gasteiger partial charge in [0.2, 0.25) is 0 Å². The predicted molar refractivity (Wildman–Crippen MR) is 79.5 cm³/mol. The zero-order valence-electron chi connectivity index (χ0n) is 10.8. The Bertz CT molecular complexity index is 724. The van der Waals surface area contributed by atoms with Crippen LogP contribution in [0.15, 0.2) is 29.3 Å². The molecule has 2 amide bonds. The molecule has 2 atom stereocenters. The van der Waals surface area contributed by atoms with E-state index in [0.29, 0.717) is 11.3 Å². The van der Waals surface area contributed by atoms with Crippen molar-refractivity contribution in [2.75, 3.05) is 11.4 Å². The quantitative estimate of drug-likeness (QED) is 0.738. The van der Waals surface area contributed by atoms with Crippen molar-refractivity contribution in [2.45, 2.75) is 10.9 Å². The van der Waals surface area contributed by atoms with Crippen molar-refractivity contribution in [1.29, 1.82) is 0 Å². The minimum Gasteiger partial charge on any atom is -0.378 e. The number of thioether (sulfide) groups is 1.